The quantitative estimate of drug-likeness (QED) is 0.119. The summed E-state index contributed by atoms with van der Waals surface area (Å²) in [6, 6.07) is 47.8. The van der Waals surface area contributed by atoms with Crippen molar-refractivity contribution in [3.05, 3.63) is 145 Å². The molecule has 6 aromatic carbocycles. The minimum Gasteiger partial charge on any atom is -0.488 e. The molecule has 0 unspecified atom stereocenters. The summed E-state index contributed by atoms with van der Waals surface area (Å²) < 4.78 is 12.5. The van der Waals surface area contributed by atoms with Gasteiger partial charge in [-0.3, -0.25) is 0 Å². The standard InChI is InChI=1S/C49H49N3O2/c1-7-48(5,8-2)39-26-18-37(19-27-39)45-50-46(52-47(51-45)44-17-13-15-36-14-11-12-16-43(36)44)38-24-30-41(31-25-38)53-40-28-20-34(21-29-40)35-22-32-42(33-23-35)54-49(6,9-3)10-4/h11-33H,7-10H2,1-6H3. The molecule has 0 aliphatic heterocycles. The first-order valence-corrected chi connectivity index (χ1v) is 19.3. The van der Waals surface area contributed by atoms with E-state index < -0.39 is 0 Å². The third-order valence-electron chi connectivity index (χ3n) is 11.3. The Labute approximate surface area is 320 Å². The van der Waals surface area contributed by atoms with Crippen LogP contribution in [0.1, 0.15) is 72.8 Å². The van der Waals surface area contributed by atoms with Crippen LogP contribution in [0.15, 0.2) is 140 Å². The number of benzene rings is 6. The number of hydrogen-bond acceptors (Lipinski definition) is 5. The summed E-state index contributed by atoms with van der Waals surface area (Å²) in [5.74, 6) is 4.29. The molecular formula is C49H49N3O2. The predicted octanol–water partition coefficient (Wildman–Crippen LogP) is 13.5. The van der Waals surface area contributed by atoms with E-state index in [0.29, 0.717) is 17.5 Å². The molecule has 0 N–H and O–H groups in total. The van der Waals surface area contributed by atoms with Crippen LogP contribution in [0.5, 0.6) is 17.2 Å². The number of ether oxygens (including phenoxy) is 2. The van der Waals surface area contributed by atoms with Crippen LogP contribution in [0.3, 0.4) is 0 Å². The zero-order chi connectivity index (χ0) is 37.7. The van der Waals surface area contributed by atoms with Gasteiger partial charge in [-0.05, 0) is 114 Å². The molecule has 1 heterocycles. The number of hydrogen-bond donors (Lipinski definition) is 0. The maximum atomic E-state index is 6.28. The SMILES string of the molecule is CCC(C)(CC)Oc1ccc(-c2ccc(Oc3ccc(-c4nc(-c5ccc(C(C)(CC)CC)cc5)nc(-c5cccc6ccccc56)n4)cc3)cc2)cc1. The van der Waals surface area contributed by atoms with E-state index in [9.17, 15) is 0 Å². The molecule has 0 fully saturated rings. The summed E-state index contributed by atoms with van der Waals surface area (Å²) in [6.07, 6.45) is 4.09. The van der Waals surface area contributed by atoms with Gasteiger partial charge in [0.15, 0.2) is 17.5 Å². The number of rotatable bonds is 13. The summed E-state index contributed by atoms with van der Waals surface area (Å²) >= 11 is 0. The molecule has 0 aliphatic carbocycles. The molecule has 7 rings (SSSR count). The summed E-state index contributed by atoms with van der Waals surface area (Å²) in [7, 11) is 0. The lowest BCUT2D eigenvalue weighted by Gasteiger charge is -2.28. The minimum absolute atomic E-state index is 0.135. The highest BCUT2D eigenvalue weighted by Gasteiger charge is 2.23. The lowest BCUT2D eigenvalue weighted by molar-refractivity contribution is 0.0803. The largest absolute Gasteiger partial charge is 0.488 e. The smallest absolute Gasteiger partial charge is 0.164 e. The topological polar surface area (TPSA) is 57.1 Å². The molecule has 0 aliphatic rings. The van der Waals surface area contributed by atoms with E-state index in [-0.39, 0.29) is 11.0 Å². The van der Waals surface area contributed by atoms with Crippen molar-refractivity contribution in [2.24, 2.45) is 0 Å². The van der Waals surface area contributed by atoms with Gasteiger partial charge >= 0.3 is 0 Å². The van der Waals surface area contributed by atoms with Crippen molar-refractivity contribution >= 4 is 10.8 Å². The second kappa shape index (κ2) is 15.7. The fourth-order valence-electron chi connectivity index (χ4n) is 6.77. The number of nitrogens with zero attached hydrogens (tertiary/aromatic N) is 3. The Balaban J connectivity index is 1.14. The molecule has 5 heteroatoms. The maximum absolute atomic E-state index is 6.28. The normalized spacial score (nSPS) is 11.8. The van der Waals surface area contributed by atoms with E-state index >= 15 is 0 Å². The molecule has 0 saturated carbocycles. The van der Waals surface area contributed by atoms with Crippen molar-refractivity contribution in [2.45, 2.75) is 78.2 Å². The molecule has 0 saturated heterocycles. The van der Waals surface area contributed by atoms with Crippen LogP contribution in [0.2, 0.25) is 0 Å². The van der Waals surface area contributed by atoms with Crippen molar-refractivity contribution in [1.29, 1.82) is 0 Å². The Morgan fingerprint density at radius 3 is 1.44 bits per heavy atom. The molecule has 0 radical (unpaired) electrons. The zero-order valence-corrected chi connectivity index (χ0v) is 32.3. The van der Waals surface area contributed by atoms with Crippen LogP contribution in [-0.4, -0.2) is 20.6 Å². The van der Waals surface area contributed by atoms with Crippen molar-refractivity contribution in [2.75, 3.05) is 0 Å². The van der Waals surface area contributed by atoms with E-state index in [4.69, 9.17) is 24.4 Å². The van der Waals surface area contributed by atoms with Gasteiger partial charge in [0.05, 0.1) is 0 Å². The van der Waals surface area contributed by atoms with Gasteiger partial charge in [0.1, 0.15) is 22.8 Å². The second-order valence-corrected chi connectivity index (χ2v) is 14.6. The number of fused-ring (bicyclic) bond motifs is 1. The molecule has 54 heavy (non-hydrogen) atoms. The van der Waals surface area contributed by atoms with Gasteiger partial charge in [-0.2, -0.15) is 0 Å². The summed E-state index contributed by atoms with van der Waals surface area (Å²) in [5.41, 5.74) is 6.38. The highest BCUT2D eigenvalue weighted by molar-refractivity contribution is 5.95. The van der Waals surface area contributed by atoms with Gasteiger partial charge in [-0.1, -0.05) is 126 Å². The Kier molecular flexibility index (Phi) is 10.6. The first kappa shape index (κ1) is 36.5. The first-order valence-electron chi connectivity index (χ1n) is 19.3. The molecule has 1 aromatic heterocycles. The van der Waals surface area contributed by atoms with Gasteiger partial charge < -0.3 is 9.47 Å². The Hall–Kier alpha value is -5.81. The average molecular weight is 712 g/mol. The van der Waals surface area contributed by atoms with Crippen LogP contribution >= 0.6 is 0 Å². The number of aromatic nitrogens is 3. The first-order chi connectivity index (χ1) is 26.2. The molecule has 0 amide bonds. The van der Waals surface area contributed by atoms with Gasteiger partial charge in [0, 0.05) is 16.7 Å². The summed E-state index contributed by atoms with van der Waals surface area (Å²) in [4.78, 5) is 15.1. The lowest BCUT2D eigenvalue weighted by atomic mass is 9.78. The molecule has 272 valence electrons. The maximum Gasteiger partial charge on any atom is 0.164 e. The fraction of sp³-hybridized carbons (Fsp3) is 0.245. The van der Waals surface area contributed by atoms with E-state index in [0.717, 1.165) is 81.5 Å². The average Bonchev–Trinajstić information content (AvgIpc) is 3.24. The zero-order valence-electron chi connectivity index (χ0n) is 32.3. The molecule has 0 atom stereocenters. The van der Waals surface area contributed by atoms with E-state index in [1.807, 2.05) is 36.4 Å². The van der Waals surface area contributed by atoms with Crippen LogP contribution in [0, 0.1) is 0 Å². The van der Waals surface area contributed by atoms with Crippen molar-refractivity contribution < 1.29 is 9.47 Å². The van der Waals surface area contributed by atoms with Gasteiger partial charge in [0.2, 0.25) is 0 Å². The lowest BCUT2D eigenvalue weighted by Crippen LogP contribution is -2.30. The fourth-order valence-corrected chi connectivity index (χ4v) is 6.77. The van der Waals surface area contributed by atoms with Crippen molar-refractivity contribution in [1.82, 2.24) is 15.0 Å². The monoisotopic (exact) mass is 711 g/mol. The van der Waals surface area contributed by atoms with Gasteiger partial charge in [-0.15, -0.1) is 0 Å². The Bertz CT molecular complexity index is 2320. The van der Waals surface area contributed by atoms with Crippen LogP contribution in [0.25, 0.3) is 56.1 Å². The molecule has 0 bridgehead atoms. The molecular weight excluding hydrogens is 663 g/mol. The van der Waals surface area contributed by atoms with Crippen molar-refractivity contribution in [3.63, 3.8) is 0 Å². The van der Waals surface area contributed by atoms with Crippen molar-refractivity contribution in [3.8, 4) is 62.5 Å². The summed E-state index contributed by atoms with van der Waals surface area (Å²) in [5, 5.41) is 2.25. The Morgan fingerprint density at radius 2 is 0.907 bits per heavy atom. The second-order valence-electron chi connectivity index (χ2n) is 14.6. The van der Waals surface area contributed by atoms with E-state index in [1.54, 1.807) is 0 Å². The van der Waals surface area contributed by atoms with Crippen LogP contribution in [0.4, 0.5) is 0 Å². The van der Waals surface area contributed by atoms with Crippen LogP contribution < -0.4 is 9.47 Å². The molecule has 0 spiro atoms. The van der Waals surface area contributed by atoms with E-state index in [2.05, 4.69) is 145 Å². The third-order valence-corrected chi connectivity index (χ3v) is 11.3. The third kappa shape index (κ3) is 7.77. The highest BCUT2D eigenvalue weighted by Crippen LogP contribution is 2.35. The molecule has 5 nitrogen and oxygen atoms in total. The van der Waals surface area contributed by atoms with E-state index in [1.165, 1.54) is 5.56 Å². The van der Waals surface area contributed by atoms with Crippen LogP contribution in [-0.2, 0) is 5.41 Å². The predicted molar refractivity (Wildman–Crippen MR) is 223 cm³/mol. The Morgan fingerprint density at radius 1 is 0.444 bits per heavy atom. The highest BCUT2D eigenvalue weighted by atomic mass is 16.5. The summed E-state index contributed by atoms with van der Waals surface area (Å²) in [6.45, 7) is 13.3. The molecule has 7 aromatic rings. The van der Waals surface area contributed by atoms with Gasteiger partial charge in [-0.25, -0.2) is 15.0 Å². The minimum atomic E-state index is -0.147. The van der Waals surface area contributed by atoms with Gasteiger partial charge in [0.25, 0.3) is 0 Å².